The van der Waals surface area contributed by atoms with Crippen LogP contribution in [0.25, 0.3) is 21.5 Å². The molecule has 14 N–H and O–H groups in total. The Morgan fingerprint density at radius 2 is 1.07 bits per heavy atom. The molecular formula is C52H71N9O18S. The van der Waals surface area contributed by atoms with Gasteiger partial charge in [0.1, 0.15) is 24.2 Å². The van der Waals surface area contributed by atoms with Crippen molar-refractivity contribution in [2.75, 3.05) is 83.5 Å². The van der Waals surface area contributed by atoms with Crippen molar-refractivity contribution in [3.63, 3.8) is 0 Å². The first kappa shape index (κ1) is 64.9. The van der Waals surface area contributed by atoms with Crippen LogP contribution in [0, 0.1) is 11.8 Å². The normalized spacial score (nSPS) is 15.7. The number of benzene rings is 3. The van der Waals surface area contributed by atoms with Crippen LogP contribution in [0.15, 0.2) is 54.6 Å². The molecule has 5 amide bonds. The predicted octanol–water partition coefficient (Wildman–Crippen LogP) is -0.257. The van der Waals surface area contributed by atoms with E-state index in [1.54, 1.807) is 9.80 Å². The van der Waals surface area contributed by atoms with Gasteiger partial charge in [-0.2, -0.15) is 11.8 Å². The Labute approximate surface area is 463 Å². The van der Waals surface area contributed by atoms with Gasteiger partial charge in [-0.1, -0.05) is 48.5 Å². The van der Waals surface area contributed by atoms with Crippen LogP contribution in [0.5, 0.6) is 0 Å². The van der Waals surface area contributed by atoms with Gasteiger partial charge >= 0.3 is 47.8 Å². The highest BCUT2D eigenvalue weighted by Crippen LogP contribution is 2.31. The van der Waals surface area contributed by atoms with Crippen LogP contribution in [0.1, 0.15) is 50.5 Å². The molecule has 0 spiro atoms. The number of rotatable bonds is 38. The fourth-order valence-electron chi connectivity index (χ4n) is 9.05. The SMILES string of the molecule is O=C(O)CCC[C@H](NC(=O)N[C@@H](CSC[C@H](NC(=O)[C@H](Cc1c2ccccc2cc2ccccc12)NC(=O)[C@H]1CC[C@H](CNC(=O)CN(CCNCC(=O)O)CCN(CCNCC(=O)O)CC(=O)O)CC1)C(=O)O)C(=O)O)C(=O)O. The summed E-state index contributed by atoms with van der Waals surface area (Å²) in [5, 5.41) is 87.2. The average molecular weight is 1140 g/mol. The van der Waals surface area contributed by atoms with Crippen LogP contribution in [0.3, 0.4) is 0 Å². The van der Waals surface area contributed by atoms with E-state index in [9.17, 15) is 73.2 Å². The molecule has 28 heteroatoms. The van der Waals surface area contributed by atoms with Gasteiger partial charge in [-0.05, 0) is 77.6 Å². The lowest BCUT2D eigenvalue weighted by atomic mass is 9.81. The van der Waals surface area contributed by atoms with Crippen molar-refractivity contribution in [1.82, 2.24) is 47.0 Å². The zero-order chi connectivity index (χ0) is 58.7. The van der Waals surface area contributed by atoms with Crippen molar-refractivity contribution in [3.8, 4) is 0 Å². The lowest BCUT2D eigenvalue weighted by Gasteiger charge is -2.30. The summed E-state index contributed by atoms with van der Waals surface area (Å²) in [6, 6.07) is 9.61. The maximum absolute atomic E-state index is 14.4. The van der Waals surface area contributed by atoms with E-state index in [4.69, 9.17) is 15.3 Å². The Morgan fingerprint density at radius 3 is 1.59 bits per heavy atom. The number of aliphatic carboxylic acids is 7. The smallest absolute Gasteiger partial charge is 0.327 e. The molecule has 0 bridgehead atoms. The number of carbonyl (C=O) groups excluding carboxylic acids is 4. The van der Waals surface area contributed by atoms with E-state index in [0.29, 0.717) is 31.2 Å². The summed E-state index contributed by atoms with van der Waals surface area (Å²) in [5.74, 6) is -12.0. The summed E-state index contributed by atoms with van der Waals surface area (Å²) in [6.07, 6.45) is 1.02. The Bertz CT molecular complexity index is 2600. The van der Waals surface area contributed by atoms with E-state index in [1.165, 1.54) is 0 Å². The van der Waals surface area contributed by atoms with Gasteiger partial charge in [0, 0.05) is 76.1 Å². The first-order valence-corrected chi connectivity index (χ1v) is 27.1. The van der Waals surface area contributed by atoms with Crippen molar-refractivity contribution in [1.29, 1.82) is 0 Å². The van der Waals surface area contributed by atoms with E-state index in [1.807, 2.05) is 54.6 Å². The minimum absolute atomic E-state index is 0.0320. The third-order valence-electron chi connectivity index (χ3n) is 13.2. The molecule has 0 saturated heterocycles. The number of urea groups is 1. The lowest BCUT2D eigenvalue weighted by Crippen LogP contribution is -2.54. The van der Waals surface area contributed by atoms with Crippen LogP contribution < -0.4 is 37.2 Å². The van der Waals surface area contributed by atoms with Crippen LogP contribution in [-0.2, 0) is 54.4 Å². The highest BCUT2D eigenvalue weighted by Gasteiger charge is 2.33. The standard InChI is InChI=1S/C52H71N9O18S/c62-42(27-60(18-16-53-25-44(65)66)20-21-61(28-46(69)70)19-17-54-26-45(67)68)55-24-31-12-14-32(15-13-31)47(71)56-39(23-37-35-8-3-1-6-33(35)22-34-7-2-4-9-36(34)37)48(72)57-40(50(75)76)29-80-30-41(51(77)78)59-52(79)58-38(49(73)74)10-5-11-43(63)64/h1-4,6-9,22,31-32,38-41,53-54H,5,10-21,23-30H2,(H,55,62)(H,56,71)(H,57,72)(H,63,64)(H,65,66)(H,67,68)(H,69,70)(H,73,74)(H,75,76)(H,77,78)(H2,58,59,79)/t31-,32-,38-,39-,40-,41-/m0/s1. The van der Waals surface area contributed by atoms with Gasteiger partial charge in [0.25, 0.3) is 0 Å². The van der Waals surface area contributed by atoms with Crippen molar-refractivity contribution in [2.45, 2.75) is 75.5 Å². The number of carboxylic acids is 7. The molecule has 3 aromatic rings. The third-order valence-corrected chi connectivity index (χ3v) is 14.4. The molecule has 0 radical (unpaired) electrons. The van der Waals surface area contributed by atoms with Crippen LogP contribution in [-0.4, -0.2) is 219 Å². The molecule has 4 rings (SSSR count). The number of hydrogen-bond acceptors (Lipinski definition) is 16. The van der Waals surface area contributed by atoms with E-state index >= 15 is 0 Å². The molecule has 27 nitrogen and oxygen atoms in total. The van der Waals surface area contributed by atoms with Gasteiger partial charge in [-0.15, -0.1) is 0 Å². The number of nitrogens with one attached hydrogen (secondary N) is 7. The number of fused-ring (bicyclic) bond motifs is 2. The number of carbonyl (C=O) groups is 11. The van der Waals surface area contributed by atoms with Gasteiger partial charge in [-0.25, -0.2) is 19.2 Å². The molecule has 0 unspecified atom stereocenters. The Morgan fingerprint density at radius 1 is 0.562 bits per heavy atom. The molecule has 4 atom stereocenters. The zero-order valence-electron chi connectivity index (χ0n) is 43.9. The highest BCUT2D eigenvalue weighted by molar-refractivity contribution is 7.99. The molecule has 1 aliphatic rings. The second kappa shape index (κ2) is 33.7. The molecule has 0 aromatic heterocycles. The maximum Gasteiger partial charge on any atom is 0.327 e. The van der Waals surface area contributed by atoms with Gasteiger partial charge < -0.3 is 73.0 Å². The molecular weight excluding hydrogens is 1070 g/mol. The molecule has 3 aromatic carbocycles. The molecule has 1 saturated carbocycles. The Hall–Kier alpha value is -7.66. The van der Waals surface area contributed by atoms with E-state index in [0.717, 1.165) is 33.3 Å². The minimum Gasteiger partial charge on any atom is -0.481 e. The first-order chi connectivity index (χ1) is 38.1. The lowest BCUT2D eigenvalue weighted by molar-refractivity contribution is -0.141. The van der Waals surface area contributed by atoms with Gasteiger partial charge in [0.2, 0.25) is 17.7 Å². The van der Waals surface area contributed by atoms with Crippen molar-refractivity contribution >= 4 is 98.8 Å². The fourth-order valence-corrected chi connectivity index (χ4v) is 10.1. The Balaban J connectivity index is 1.42. The summed E-state index contributed by atoms with van der Waals surface area (Å²) in [5.41, 5.74) is 0.707. The molecule has 1 fully saturated rings. The number of amides is 5. The topological polar surface area (TPSA) is 420 Å². The molecule has 1 aliphatic carbocycles. The van der Waals surface area contributed by atoms with Gasteiger partial charge in [0.05, 0.1) is 26.2 Å². The summed E-state index contributed by atoms with van der Waals surface area (Å²) in [7, 11) is 0. The monoisotopic (exact) mass is 1140 g/mol. The number of nitrogens with zero attached hydrogens (tertiary/aromatic N) is 2. The summed E-state index contributed by atoms with van der Waals surface area (Å²) in [6.45, 7) is 0.519. The molecule has 438 valence electrons. The number of hydrogen-bond donors (Lipinski definition) is 14. The number of thioether (sulfide) groups is 1. The molecule has 0 heterocycles. The van der Waals surface area contributed by atoms with E-state index < -0.39 is 101 Å². The summed E-state index contributed by atoms with van der Waals surface area (Å²) < 4.78 is 0. The van der Waals surface area contributed by atoms with E-state index in [2.05, 4.69) is 37.2 Å². The average Bonchev–Trinajstić information content (AvgIpc) is 3.46. The van der Waals surface area contributed by atoms with Crippen molar-refractivity contribution in [2.24, 2.45) is 11.8 Å². The largest absolute Gasteiger partial charge is 0.481 e. The minimum atomic E-state index is -1.65. The second-order valence-corrected chi connectivity index (χ2v) is 20.4. The molecule has 80 heavy (non-hydrogen) atoms. The van der Waals surface area contributed by atoms with Crippen LogP contribution in [0.2, 0.25) is 0 Å². The highest BCUT2D eigenvalue weighted by atomic mass is 32.2. The third kappa shape index (κ3) is 23.4. The van der Waals surface area contributed by atoms with Gasteiger partial charge in [-0.3, -0.25) is 43.4 Å². The number of carboxylic acid groups (broad SMARTS) is 7. The summed E-state index contributed by atoms with van der Waals surface area (Å²) >= 11 is 0.758. The Kier molecular flexibility index (Phi) is 27.3. The predicted molar refractivity (Wildman–Crippen MR) is 290 cm³/mol. The van der Waals surface area contributed by atoms with Crippen molar-refractivity contribution in [3.05, 3.63) is 60.2 Å². The van der Waals surface area contributed by atoms with Crippen LogP contribution >= 0.6 is 11.8 Å². The van der Waals surface area contributed by atoms with E-state index in [-0.39, 0.29) is 110 Å². The van der Waals surface area contributed by atoms with Gasteiger partial charge in [0.15, 0.2) is 0 Å². The summed E-state index contributed by atoms with van der Waals surface area (Å²) in [4.78, 5) is 139. The first-order valence-electron chi connectivity index (χ1n) is 25.9. The quantitative estimate of drug-likeness (QED) is 0.0260. The zero-order valence-corrected chi connectivity index (χ0v) is 44.7. The van der Waals surface area contributed by atoms with Crippen molar-refractivity contribution < 1.29 is 88.5 Å². The maximum atomic E-state index is 14.4. The fraction of sp³-hybridized carbons (Fsp3) is 0.519. The second-order valence-electron chi connectivity index (χ2n) is 19.3. The van der Waals surface area contributed by atoms with Crippen LogP contribution in [0.4, 0.5) is 4.79 Å². The molecule has 0 aliphatic heterocycles.